The van der Waals surface area contributed by atoms with Gasteiger partial charge < -0.3 is 15.6 Å². The van der Waals surface area contributed by atoms with E-state index >= 15 is 0 Å². The van der Waals surface area contributed by atoms with E-state index in [-0.39, 0.29) is 12.2 Å². The highest BCUT2D eigenvalue weighted by atomic mass is 16.5. The molecule has 1 unspecified atom stereocenters. The molecule has 0 aliphatic heterocycles. The lowest BCUT2D eigenvalue weighted by molar-refractivity contribution is -0.144. The molecule has 0 spiro atoms. The molecule has 0 aliphatic carbocycles. The van der Waals surface area contributed by atoms with Crippen LogP contribution in [0, 0.1) is 0 Å². The molecule has 0 aliphatic rings. The number of hydrogen-bond acceptors (Lipinski definition) is 4. The minimum absolute atomic E-state index is 0.150. The van der Waals surface area contributed by atoms with Crippen LogP contribution in [0.5, 0.6) is 5.75 Å². The summed E-state index contributed by atoms with van der Waals surface area (Å²) in [5, 5.41) is 9.46. The number of para-hydroxylation sites is 1. The molecule has 0 radical (unpaired) electrons. The van der Waals surface area contributed by atoms with Crippen LogP contribution in [0.2, 0.25) is 0 Å². The number of phenolic OH excluding ortho intramolecular Hbond substituents is 1. The molecule has 1 aromatic rings. The Labute approximate surface area is 88.7 Å². The standard InChI is InChI=1S/C11H15NO3/c1-2-15-11(14)9(12)7-8-5-3-4-6-10(8)13/h3-6,9,13H,2,7,12H2,1H3. The molecule has 1 rings (SSSR count). The van der Waals surface area contributed by atoms with Gasteiger partial charge in [-0.1, -0.05) is 18.2 Å². The van der Waals surface area contributed by atoms with Crippen molar-refractivity contribution in [2.75, 3.05) is 6.61 Å². The number of benzene rings is 1. The van der Waals surface area contributed by atoms with Gasteiger partial charge in [0.15, 0.2) is 0 Å². The number of carbonyl (C=O) groups is 1. The van der Waals surface area contributed by atoms with E-state index in [0.29, 0.717) is 12.2 Å². The number of nitrogens with two attached hydrogens (primary N) is 1. The van der Waals surface area contributed by atoms with Crippen LogP contribution in [0.15, 0.2) is 24.3 Å². The average molecular weight is 209 g/mol. The van der Waals surface area contributed by atoms with E-state index in [4.69, 9.17) is 10.5 Å². The monoisotopic (exact) mass is 209 g/mol. The topological polar surface area (TPSA) is 72.5 Å². The second kappa shape index (κ2) is 5.36. The van der Waals surface area contributed by atoms with Crippen LogP contribution in [0.3, 0.4) is 0 Å². The third-order valence-corrected chi connectivity index (χ3v) is 2.02. The maximum absolute atomic E-state index is 11.2. The van der Waals surface area contributed by atoms with Crippen molar-refractivity contribution >= 4 is 5.97 Å². The van der Waals surface area contributed by atoms with E-state index in [9.17, 15) is 9.90 Å². The fraction of sp³-hybridized carbons (Fsp3) is 0.364. The highest BCUT2D eigenvalue weighted by Crippen LogP contribution is 2.17. The van der Waals surface area contributed by atoms with Gasteiger partial charge >= 0.3 is 5.97 Å². The summed E-state index contributed by atoms with van der Waals surface area (Å²) in [6.45, 7) is 2.04. The third-order valence-electron chi connectivity index (χ3n) is 2.02. The van der Waals surface area contributed by atoms with E-state index in [1.54, 1.807) is 31.2 Å². The van der Waals surface area contributed by atoms with Gasteiger partial charge in [-0.05, 0) is 18.6 Å². The maximum Gasteiger partial charge on any atom is 0.323 e. The fourth-order valence-corrected chi connectivity index (χ4v) is 1.25. The Kier molecular flexibility index (Phi) is 4.12. The molecule has 0 heterocycles. The molecule has 0 saturated carbocycles. The Bertz CT molecular complexity index is 338. The van der Waals surface area contributed by atoms with Crippen molar-refractivity contribution in [3.8, 4) is 5.75 Å². The Morgan fingerprint density at radius 3 is 2.80 bits per heavy atom. The smallest absolute Gasteiger partial charge is 0.323 e. The third kappa shape index (κ3) is 3.25. The van der Waals surface area contributed by atoms with E-state index in [1.807, 2.05) is 0 Å². The molecular weight excluding hydrogens is 194 g/mol. The zero-order valence-corrected chi connectivity index (χ0v) is 8.64. The first kappa shape index (κ1) is 11.5. The van der Waals surface area contributed by atoms with E-state index in [0.717, 1.165) is 0 Å². The van der Waals surface area contributed by atoms with Crippen LogP contribution in [0.1, 0.15) is 12.5 Å². The van der Waals surface area contributed by atoms with Gasteiger partial charge in [-0.15, -0.1) is 0 Å². The Morgan fingerprint density at radius 2 is 2.20 bits per heavy atom. The highest BCUT2D eigenvalue weighted by molar-refractivity contribution is 5.76. The van der Waals surface area contributed by atoms with Crippen molar-refractivity contribution in [1.29, 1.82) is 0 Å². The summed E-state index contributed by atoms with van der Waals surface area (Å²) in [7, 11) is 0. The van der Waals surface area contributed by atoms with Crippen molar-refractivity contribution in [2.24, 2.45) is 5.73 Å². The lowest BCUT2D eigenvalue weighted by Crippen LogP contribution is -2.34. The molecule has 82 valence electrons. The van der Waals surface area contributed by atoms with Crippen molar-refractivity contribution in [3.63, 3.8) is 0 Å². The number of carbonyl (C=O) groups excluding carboxylic acids is 1. The van der Waals surface area contributed by atoms with Gasteiger partial charge in [-0.3, -0.25) is 4.79 Å². The van der Waals surface area contributed by atoms with Gasteiger partial charge in [-0.25, -0.2) is 0 Å². The minimum atomic E-state index is -0.724. The van der Waals surface area contributed by atoms with Crippen molar-refractivity contribution in [2.45, 2.75) is 19.4 Å². The van der Waals surface area contributed by atoms with Gasteiger partial charge in [0.2, 0.25) is 0 Å². The molecule has 3 N–H and O–H groups in total. The van der Waals surface area contributed by atoms with Gasteiger partial charge in [-0.2, -0.15) is 0 Å². The SMILES string of the molecule is CCOC(=O)C(N)Cc1ccccc1O. The molecule has 0 amide bonds. The highest BCUT2D eigenvalue weighted by Gasteiger charge is 2.16. The van der Waals surface area contributed by atoms with Crippen LogP contribution in [0.4, 0.5) is 0 Å². The number of phenols is 1. The summed E-state index contributed by atoms with van der Waals surface area (Å²) in [6, 6.07) is 6.07. The summed E-state index contributed by atoms with van der Waals surface area (Å²) in [4.78, 5) is 11.2. The number of esters is 1. The molecule has 0 aromatic heterocycles. The first-order valence-corrected chi connectivity index (χ1v) is 4.84. The molecule has 1 atom stereocenters. The first-order chi connectivity index (χ1) is 7.15. The number of rotatable bonds is 4. The van der Waals surface area contributed by atoms with Crippen molar-refractivity contribution in [1.82, 2.24) is 0 Å². The van der Waals surface area contributed by atoms with Gasteiger partial charge in [0.25, 0.3) is 0 Å². The Hall–Kier alpha value is -1.55. The predicted octanol–water partition coefficient (Wildman–Crippen LogP) is 0.825. The molecule has 0 saturated heterocycles. The number of aromatic hydroxyl groups is 1. The minimum Gasteiger partial charge on any atom is -0.508 e. The lowest BCUT2D eigenvalue weighted by Gasteiger charge is -2.11. The van der Waals surface area contributed by atoms with E-state index < -0.39 is 12.0 Å². The average Bonchev–Trinajstić information content (AvgIpc) is 2.21. The second-order valence-electron chi connectivity index (χ2n) is 3.19. The summed E-state index contributed by atoms with van der Waals surface area (Å²) in [5.74, 6) is -0.294. The van der Waals surface area contributed by atoms with Gasteiger partial charge in [0.05, 0.1) is 6.61 Å². The van der Waals surface area contributed by atoms with E-state index in [2.05, 4.69) is 0 Å². The van der Waals surface area contributed by atoms with Crippen LogP contribution >= 0.6 is 0 Å². The van der Waals surface area contributed by atoms with Crippen LogP contribution in [-0.4, -0.2) is 23.7 Å². The fourth-order valence-electron chi connectivity index (χ4n) is 1.25. The van der Waals surface area contributed by atoms with Gasteiger partial charge in [0, 0.05) is 6.42 Å². The molecular formula is C11H15NO3. The normalized spacial score (nSPS) is 12.1. The molecule has 1 aromatic carbocycles. The lowest BCUT2D eigenvalue weighted by atomic mass is 10.1. The molecule has 15 heavy (non-hydrogen) atoms. The molecule has 0 bridgehead atoms. The zero-order chi connectivity index (χ0) is 11.3. The van der Waals surface area contributed by atoms with Crippen molar-refractivity contribution < 1.29 is 14.6 Å². The molecule has 4 nitrogen and oxygen atoms in total. The van der Waals surface area contributed by atoms with Crippen LogP contribution < -0.4 is 5.73 Å². The quantitative estimate of drug-likeness (QED) is 0.720. The number of ether oxygens (including phenoxy) is 1. The van der Waals surface area contributed by atoms with Crippen LogP contribution in [0.25, 0.3) is 0 Å². The van der Waals surface area contributed by atoms with E-state index in [1.165, 1.54) is 0 Å². The maximum atomic E-state index is 11.2. The molecule has 0 fully saturated rings. The second-order valence-corrected chi connectivity index (χ2v) is 3.19. The van der Waals surface area contributed by atoms with Crippen molar-refractivity contribution in [3.05, 3.63) is 29.8 Å². The molecule has 4 heteroatoms. The first-order valence-electron chi connectivity index (χ1n) is 4.84. The summed E-state index contributed by atoms with van der Waals surface area (Å²) < 4.78 is 4.77. The zero-order valence-electron chi connectivity index (χ0n) is 8.64. The summed E-state index contributed by atoms with van der Waals surface area (Å²) in [5.41, 5.74) is 6.27. The van der Waals surface area contributed by atoms with Crippen LogP contribution in [-0.2, 0) is 16.0 Å². The Balaban J connectivity index is 2.62. The predicted molar refractivity (Wildman–Crippen MR) is 56.4 cm³/mol. The summed E-state index contributed by atoms with van der Waals surface area (Å²) in [6.07, 6.45) is 0.283. The largest absolute Gasteiger partial charge is 0.508 e. The summed E-state index contributed by atoms with van der Waals surface area (Å²) >= 11 is 0. The number of hydrogen-bond donors (Lipinski definition) is 2. The van der Waals surface area contributed by atoms with Gasteiger partial charge in [0.1, 0.15) is 11.8 Å². The Morgan fingerprint density at radius 1 is 1.53 bits per heavy atom.